The topological polar surface area (TPSA) is 20.2 Å². The summed E-state index contributed by atoms with van der Waals surface area (Å²) >= 11 is 1.82. The van der Waals surface area contributed by atoms with Crippen LogP contribution in [-0.4, -0.2) is 5.11 Å². The van der Waals surface area contributed by atoms with Crippen LogP contribution in [0, 0.1) is 13.8 Å². The van der Waals surface area contributed by atoms with Gasteiger partial charge in [-0.1, -0.05) is 30.2 Å². The molecule has 0 amide bonds. The molecule has 20 heavy (non-hydrogen) atoms. The first-order valence-corrected chi connectivity index (χ1v) is 8.33. The molecule has 1 aromatic heterocycles. The van der Waals surface area contributed by atoms with Crippen molar-refractivity contribution >= 4 is 11.3 Å². The Bertz CT molecular complexity index is 588. The molecular weight excluding hydrogens is 264 g/mol. The molecule has 0 spiro atoms. The molecular formula is C18H22OS. The van der Waals surface area contributed by atoms with Gasteiger partial charge in [-0.15, -0.1) is 11.3 Å². The van der Waals surface area contributed by atoms with Gasteiger partial charge in [-0.05, 0) is 62.3 Å². The Morgan fingerprint density at radius 3 is 2.70 bits per heavy atom. The van der Waals surface area contributed by atoms with Crippen molar-refractivity contribution in [3.05, 3.63) is 56.3 Å². The van der Waals surface area contributed by atoms with Gasteiger partial charge in [0.25, 0.3) is 0 Å². The van der Waals surface area contributed by atoms with Crippen LogP contribution in [0.5, 0.6) is 0 Å². The van der Waals surface area contributed by atoms with Crippen molar-refractivity contribution in [1.82, 2.24) is 0 Å². The first-order chi connectivity index (χ1) is 9.65. The number of benzene rings is 1. The molecule has 0 bridgehead atoms. The monoisotopic (exact) mass is 286 g/mol. The summed E-state index contributed by atoms with van der Waals surface area (Å²) in [6, 6.07) is 8.57. The standard InChI is InChI=1S/C18H22OS/c1-12-8-9-13(2)15(10-12)18(19)17-11-14-6-4-3-5-7-16(14)20-17/h8-11,18-19H,3-7H2,1-2H3. The van der Waals surface area contributed by atoms with Crippen LogP contribution in [0.1, 0.15) is 57.4 Å². The lowest BCUT2D eigenvalue weighted by molar-refractivity contribution is 0.223. The van der Waals surface area contributed by atoms with Crippen LogP contribution >= 0.6 is 11.3 Å². The Morgan fingerprint density at radius 1 is 1.05 bits per heavy atom. The van der Waals surface area contributed by atoms with Gasteiger partial charge in [0.05, 0.1) is 0 Å². The van der Waals surface area contributed by atoms with Crippen LogP contribution < -0.4 is 0 Å². The number of aliphatic hydroxyl groups is 1. The first kappa shape index (κ1) is 13.8. The summed E-state index contributed by atoms with van der Waals surface area (Å²) in [6.45, 7) is 4.16. The maximum Gasteiger partial charge on any atom is 0.113 e. The van der Waals surface area contributed by atoms with Crippen molar-refractivity contribution in [2.75, 3.05) is 0 Å². The van der Waals surface area contributed by atoms with Crippen molar-refractivity contribution in [2.45, 2.75) is 52.1 Å². The minimum absolute atomic E-state index is 0.466. The second-order valence-corrected chi connectivity index (χ2v) is 7.09. The van der Waals surface area contributed by atoms with Gasteiger partial charge in [-0.2, -0.15) is 0 Å². The zero-order valence-electron chi connectivity index (χ0n) is 12.3. The Kier molecular flexibility index (Phi) is 3.95. The predicted molar refractivity (Wildman–Crippen MR) is 85.6 cm³/mol. The summed E-state index contributed by atoms with van der Waals surface area (Å²) in [5.74, 6) is 0. The highest BCUT2D eigenvalue weighted by Crippen LogP contribution is 2.35. The molecule has 1 aromatic carbocycles. The lowest BCUT2D eigenvalue weighted by atomic mass is 9.99. The van der Waals surface area contributed by atoms with Crippen LogP contribution in [0.25, 0.3) is 0 Å². The van der Waals surface area contributed by atoms with E-state index in [1.54, 1.807) is 0 Å². The van der Waals surface area contributed by atoms with Gasteiger partial charge >= 0.3 is 0 Å². The molecule has 2 heteroatoms. The van der Waals surface area contributed by atoms with E-state index >= 15 is 0 Å². The van der Waals surface area contributed by atoms with Gasteiger partial charge in [0.1, 0.15) is 6.10 Å². The summed E-state index contributed by atoms with van der Waals surface area (Å²) in [5, 5.41) is 10.7. The predicted octanol–water partition coefficient (Wildman–Crippen LogP) is 4.72. The van der Waals surface area contributed by atoms with Gasteiger partial charge in [0, 0.05) is 9.75 Å². The molecule has 1 atom stereocenters. The molecule has 0 fully saturated rings. The highest BCUT2D eigenvalue weighted by molar-refractivity contribution is 7.12. The van der Waals surface area contributed by atoms with Crippen molar-refractivity contribution in [3.63, 3.8) is 0 Å². The van der Waals surface area contributed by atoms with Crippen LogP contribution in [0.2, 0.25) is 0 Å². The Balaban J connectivity index is 1.94. The number of rotatable bonds is 2. The van der Waals surface area contributed by atoms with E-state index in [1.807, 2.05) is 11.3 Å². The summed E-state index contributed by atoms with van der Waals surface area (Å²) in [5.41, 5.74) is 4.92. The molecule has 3 rings (SSSR count). The zero-order valence-corrected chi connectivity index (χ0v) is 13.1. The van der Waals surface area contributed by atoms with Crippen LogP contribution in [0.3, 0.4) is 0 Å². The molecule has 106 valence electrons. The van der Waals surface area contributed by atoms with Crippen molar-refractivity contribution in [2.24, 2.45) is 0 Å². The smallest absolute Gasteiger partial charge is 0.113 e. The molecule has 1 heterocycles. The SMILES string of the molecule is Cc1ccc(C)c(C(O)c2cc3c(s2)CCCCC3)c1. The maximum absolute atomic E-state index is 10.7. The number of aryl methyl sites for hydroxylation is 4. The molecule has 0 radical (unpaired) electrons. The summed E-state index contributed by atoms with van der Waals surface area (Å²) in [6.07, 6.45) is 5.85. The average Bonchev–Trinajstić information content (AvgIpc) is 2.72. The van der Waals surface area contributed by atoms with E-state index in [-0.39, 0.29) is 0 Å². The van der Waals surface area contributed by atoms with Crippen LogP contribution in [0.15, 0.2) is 24.3 Å². The fraction of sp³-hybridized carbons (Fsp3) is 0.444. The quantitative estimate of drug-likeness (QED) is 0.792. The van der Waals surface area contributed by atoms with Gasteiger partial charge in [-0.25, -0.2) is 0 Å². The highest BCUT2D eigenvalue weighted by Gasteiger charge is 2.19. The van der Waals surface area contributed by atoms with E-state index in [2.05, 4.69) is 38.1 Å². The first-order valence-electron chi connectivity index (χ1n) is 7.52. The molecule has 1 unspecified atom stereocenters. The molecule has 1 nitrogen and oxygen atoms in total. The van der Waals surface area contributed by atoms with Gasteiger partial charge in [-0.3, -0.25) is 0 Å². The Hall–Kier alpha value is -1.12. The third kappa shape index (κ3) is 2.68. The van der Waals surface area contributed by atoms with E-state index in [0.717, 1.165) is 10.4 Å². The van der Waals surface area contributed by atoms with Crippen molar-refractivity contribution in [3.8, 4) is 0 Å². The molecule has 1 aliphatic rings. The van der Waals surface area contributed by atoms with Crippen molar-refractivity contribution < 1.29 is 5.11 Å². The van der Waals surface area contributed by atoms with Gasteiger partial charge in [0.15, 0.2) is 0 Å². The zero-order chi connectivity index (χ0) is 14.1. The maximum atomic E-state index is 10.7. The lowest BCUT2D eigenvalue weighted by Crippen LogP contribution is -2.00. The number of aliphatic hydroxyl groups excluding tert-OH is 1. The van der Waals surface area contributed by atoms with Crippen molar-refractivity contribution in [1.29, 1.82) is 0 Å². The lowest BCUT2D eigenvalue weighted by Gasteiger charge is -2.13. The molecule has 0 aliphatic heterocycles. The Morgan fingerprint density at radius 2 is 1.85 bits per heavy atom. The second-order valence-electron chi connectivity index (χ2n) is 5.92. The largest absolute Gasteiger partial charge is 0.383 e. The molecule has 0 saturated heterocycles. The van der Waals surface area contributed by atoms with E-state index < -0.39 is 6.10 Å². The Labute approximate surface area is 125 Å². The van der Waals surface area contributed by atoms with Crippen LogP contribution in [0.4, 0.5) is 0 Å². The fourth-order valence-electron chi connectivity index (χ4n) is 3.03. The summed E-state index contributed by atoms with van der Waals surface area (Å²) in [4.78, 5) is 2.62. The second kappa shape index (κ2) is 5.71. The number of fused-ring (bicyclic) bond motifs is 1. The average molecular weight is 286 g/mol. The molecule has 2 aromatic rings. The van der Waals surface area contributed by atoms with E-state index in [9.17, 15) is 5.11 Å². The number of thiophene rings is 1. The minimum atomic E-state index is -0.466. The normalized spacial score (nSPS) is 16.6. The third-order valence-electron chi connectivity index (χ3n) is 4.26. The molecule has 0 saturated carbocycles. The van der Waals surface area contributed by atoms with E-state index in [1.165, 1.54) is 53.7 Å². The number of hydrogen-bond donors (Lipinski definition) is 1. The van der Waals surface area contributed by atoms with E-state index in [4.69, 9.17) is 0 Å². The minimum Gasteiger partial charge on any atom is -0.383 e. The van der Waals surface area contributed by atoms with Gasteiger partial charge in [0.2, 0.25) is 0 Å². The molecule has 1 N–H and O–H groups in total. The summed E-state index contributed by atoms with van der Waals surface area (Å²) < 4.78 is 0. The third-order valence-corrected chi connectivity index (χ3v) is 5.55. The number of hydrogen-bond acceptors (Lipinski definition) is 2. The highest BCUT2D eigenvalue weighted by atomic mass is 32.1. The molecule has 1 aliphatic carbocycles. The van der Waals surface area contributed by atoms with E-state index in [0.29, 0.717) is 0 Å². The van der Waals surface area contributed by atoms with Crippen LogP contribution in [-0.2, 0) is 12.8 Å². The van der Waals surface area contributed by atoms with Gasteiger partial charge < -0.3 is 5.11 Å². The fourth-order valence-corrected chi connectivity index (χ4v) is 4.30. The summed E-state index contributed by atoms with van der Waals surface area (Å²) in [7, 11) is 0.